The average molecular weight is 441 g/mol. The van der Waals surface area contributed by atoms with E-state index in [1.807, 2.05) is 12.1 Å². The van der Waals surface area contributed by atoms with Gasteiger partial charge in [-0.25, -0.2) is 0 Å². The first kappa shape index (κ1) is 25.4. The number of piperazine rings is 1. The van der Waals surface area contributed by atoms with E-state index in [4.69, 9.17) is 9.47 Å². The molecule has 1 saturated heterocycles. The number of methoxy groups -OCH3 is 1. The van der Waals surface area contributed by atoms with Crippen LogP contribution in [-0.2, 0) is 0 Å². The zero-order valence-electron chi connectivity index (χ0n) is 17.9. The van der Waals surface area contributed by atoms with Gasteiger partial charge >= 0.3 is 0 Å². The van der Waals surface area contributed by atoms with Gasteiger partial charge in [-0.15, -0.1) is 24.8 Å². The van der Waals surface area contributed by atoms with Crippen LogP contribution in [0.25, 0.3) is 0 Å². The second-order valence-electron chi connectivity index (χ2n) is 7.55. The highest BCUT2D eigenvalue weighted by molar-refractivity contribution is 5.85. The van der Waals surface area contributed by atoms with Crippen molar-refractivity contribution in [1.29, 1.82) is 0 Å². The fourth-order valence-electron chi connectivity index (χ4n) is 3.44. The van der Waals surface area contributed by atoms with E-state index in [0.29, 0.717) is 5.92 Å². The minimum absolute atomic E-state index is 0. The van der Waals surface area contributed by atoms with Gasteiger partial charge in [0, 0.05) is 38.4 Å². The van der Waals surface area contributed by atoms with Gasteiger partial charge in [-0.1, -0.05) is 26.0 Å². The highest BCUT2D eigenvalue weighted by Crippen LogP contribution is 2.24. The van der Waals surface area contributed by atoms with Crippen LogP contribution in [0.2, 0.25) is 0 Å². The minimum Gasteiger partial charge on any atom is -0.497 e. The average Bonchev–Trinajstić information content (AvgIpc) is 2.70. The lowest BCUT2D eigenvalue weighted by molar-refractivity contribution is 0.200. The van der Waals surface area contributed by atoms with E-state index >= 15 is 0 Å². The van der Waals surface area contributed by atoms with Crippen molar-refractivity contribution in [2.45, 2.75) is 26.7 Å². The molecule has 0 saturated carbocycles. The number of hydrogen-bond donors (Lipinski definition) is 0. The van der Waals surface area contributed by atoms with Crippen molar-refractivity contribution < 1.29 is 9.47 Å². The van der Waals surface area contributed by atoms with Crippen LogP contribution in [-0.4, -0.2) is 51.3 Å². The molecule has 2 aromatic rings. The van der Waals surface area contributed by atoms with Gasteiger partial charge < -0.3 is 14.4 Å². The van der Waals surface area contributed by atoms with Crippen molar-refractivity contribution in [2.75, 3.05) is 51.3 Å². The lowest BCUT2D eigenvalue weighted by Gasteiger charge is -2.36. The molecule has 1 heterocycles. The predicted octanol–water partition coefficient (Wildman–Crippen LogP) is 5.17. The van der Waals surface area contributed by atoms with Gasteiger partial charge in [-0.05, 0) is 54.3 Å². The number of aryl methyl sites for hydroxylation is 1. The van der Waals surface area contributed by atoms with E-state index in [2.05, 4.69) is 60.9 Å². The Hall–Kier alpha value is -1.62. The summed E-state index contributed by atoms with van der Waals surface area (Å²) in [6.07, 6.45) is 0. The summed E-state index contributed by atoms with van der Waals surface area (Å²) < 4.78 is 11.3. The summed E-state index contributed by atoms with van der Waals surface area (Å²) in [5, 5.41) is 0. The number of ether oxygens (including phenoxy) is 2. The first-order valence-corrected chi connectivity index (χ1v) is 9.91. The number of benzene rings is 2. The van der Waals surface area contributed by atoms with E-state index in [9.17, 15) is 0 Å². The Morgan fingerprint density at radius 2 is 1.59 bits per heavy atom. The third-order valence-electron chi connectivity index (χ3n) is 5.35. The summed E-state index contributed by atoms with van der Waals surface area (Å²) in [7, 11) is 1.70. The van der Waals surface area contributed by atoms with Gasteiger partial charge in [0.2, 0.25) is 0 Å². The molecule has 6 heteroatoms. The van der Waals surface area contributed by atoms with Gasteiger partial charge in [-0.3, -0.25) is 4.90 Å². The minimum atomic E-state index is 0. The molecule has 3 rings (SSSR count). The number of anilines is 1. The summed E-state index contributed by atoms with van der Waals surface area (Å²) in [4.78, 5) is 4.93. The Balaban J connectivity index is 0.00000210. The quantitative estimate of drug-likeness (QED) is 0.592. The Morgan fingerprint density at radius 1 is 0.931 bits per heavy atom. The van der Waals surface area contributed by atoms with E-state index in [1.165, 1.54) is 16.8 Å². The highest BCUT2D eigenvalue weighted by Gasteiger charge is 2.17. The number of nitrogens with zero attached hydrogens (tertiary/aromatic N) is 2. The third kappa shape index (κ3) is 6.98. The lowest BCUT2D eigenvalue weighted by atomic mass is 10.0. The fourth-order valence-corrected chi connectivity index (χ4v) is 3.44. The molecule has 1 aliphatic heterocycles. The van der Waals surface area contributed by atoms with Gasteiger partial charge in [0.25, 0.3) is 0 Å². The Bertz CT molecular complexity index is 730. The van der Waals surface area contributed by atoms with E-state index in [0.717, 1.165) is 50.8 Å². The molecule has 0 radical (unpaired) electrons. The maximum Gasteiger partial charge on any atom is 0.122 e. The molecule has 29 heavy (non-hydrogen) atoms. The van der Waals surface area contributed by atoms with Crippen molar-refractivity contribution in [2.24, 2.45) is 0 Å². The van der Waals surface area contributed by atoms with Crippen molar-refractivity contribution in [3.8, 4) is 11.5 Å². The van der Waals surface area contributed by atoms with Crippen LogP contribution in [0.1, 0.15) is 30.9 Å². The standard InChI is InChI=1S/C23H32N2O2.2ClH/c1-18(2)20-6-5-19(3)23(17-20)27-16-15-24-11-13-25(14-12-24)21-7-9-22(26-4)10-8-21;;/h5-10,17-18H,11-16H2,1-4H3;2*1H. The first-order valence-electron chi connectivity index (χ1n) is 9.91. The third-order valence-corrected chi connectivity index (χ3v) is 5.35. The second-order valence-corrected chi connectivity index (χ2v) is 7.55. The van der Waals surface area contributed by atoms with Crippen LogP contribution in [0.15, 0.2) is 42.5 Å². The summed E-state index contributed by atoms with van der Waals surface area (Å²) in [6.45, 7) is 12.5. The summed E-state index contributed by atoms with van der Waals surface area (Å²) in [5.74, 6) is 2.46. The smallest absolute Gasteiger partial charge is 0.122 e. The van der Waals surface area contributed by atoms with Crippen LogP contribution in [0, 0.1) is 6.92 Å². The number of hydrogen-bond acceptors (Lipinski definition) is 4. The van der Waals surface area contributed by atoms with Gasteiger partial charge in [0.15, 0.2) is 0 Å². The zero-order chi connectivity index (χ0) is 19.2. The van der Waals surface area contributed by atoms with Crippen molar-refractivity contribution in [3.63, 3.8) is 0 Å². The maximum atomic E-state index is 6.10. The van der Waals surface area contributed by atoms with Crippen LogP contribution >= 0.6 is 24.8 Å². The van der Waals surface area contributed by atoms with E-state index in [-0.39, 0.29) is 24.8 Å². The molecular weight excluding hydrogens is 407 g/mol. The lowest BCUT2D eigenvalue weighted by Crippen LogP contribution is -2.47. The van der Waals surface area contributed by atoms with Crippen LogP contribution in [0.4, 0.5) is 5.69 Å². The molecule has 0 spiro atoms. The van der Waals surface area contributed by atoms with E-state index < -0.39 is 0 Å². The molecule has 0 N–H and O–H groups in total. The summed E-state index contributed by atoms with van der Waals surface area (Å²) in [5.41, 5.74) is 3.82. The van der Waals surface area contributed by atoms with Crippen molar-refractivity contribution in [3.05, 3.63) is 53.6 Å². The molecule has 4 nitrogen and oxygen atoms in total. The second kappa shape index (κ2) is 12.2. The molecule has 1 fully saturated rings. The zero-order valence-corrected chi connectivity index (χ0v) is 19.5. The molecule has 0 unspecified atom stereocenters. The van der Waals surface area contributed by atoms with Crippen LogP contribution < -0.4 is 14.4 Å². The Kier molecular flexibility index (Phi) is 10.7. The topological polar surface area (TPSA) is 24.9 Å². The molecule has 0 bridgehead atoms. The highest BCUT2D eigenvalue weighted by atomic mass is 35.5. The maximum absolute atomic E-state index is 6.10. The largest absolute Gasteiger partial charge is 0.497 e. The predicted molar refractivity (Wildman–Crippen MR) is 127 cm³/mol. The Morgan fingerprint density at radius 3 is 2.17 bits per heavy atom. The Labute approximate surface area is 188 Å². The van der Waals surface area contributed by atoms with E-state index in [1.54, 1.807) is 7.11 Å². The summed E-state index contributed by atoms with van der Waals surface area (Å²) in [6, 6.07) is 14.9. The van der Waals surface area contributed by atoms with Gasteiger partial charge in [-0.2, -0.15) is 0 Å². The van der Waals surface area contributed by atoms with Crippen LogP contribution in [0.3, 0.4) is 0 Å². The molecule has 2 aromatic carbocycles. The fraction of sp³-hybridized carbons (Fsp3) is 0.478. The van der Waals surface area contributed by atoms with Crippen molar-refractivity contribution in [1.82, 2.24) is 4.90 Å². The molecule has 162 valence electrons. The monoisotopic (exact) mass is 440 g/mol. The molecular formula is C23H34Cl2N2O2. The molecule has 1 aliphatic rings. The van der Waals surface area contributed by atoms with Gasteiger partial charge in [0.05, 0.1) is 7.11 Å². The SMILES string of the molecule is COc1ccc(N2CCN(CCOc3cc(C(C)C)ccc3C)CC2)cc1.Cl.Cl. The van der Waals surface area contributed by atoms with Crippen molar-refractivity contribution >= 4 is 30.5 Å². The molecule has 0 aromatic heterocycles. The number of halogens is 2. The first-order chi connectivity index (χ1) is 13.1. The molecule has 0 atom stereocenters. The van der Waals surface area contributed by atoms with Crippen LogP contribution in [0.5, 0.6) is 11.5 Å². The normalized spacial score (nSPS) is 14.2. The van der Waals surface area contributed by atoms with Gasteiger partial charge in [0.1, 0.15) is 18.1 Å². The number of rotatable bonds is 7. The molecule has 0 aliphatic carbocycles. The summed E-state index contributed by atoms with van der Waals surface area (Å²) >= 11 is 0. The molecule has 0 amide bonds.